The fraction of sp³-hybridized carbons (Fsp3) is 0.750. The summed E-state index contributed by atoms with van der Waals surface area (Å²) in [4.78, 5) is 0. The maximum atomic E-state index is 9.60. The van der Waals surface area contributed by atoms with Gasteiger partial charge in [0, 0.05) is 18.4 Å². The Bertz CT molecular complexity index is 304. The van der Waals surface area contributed by atoms with Gasteiger partial charge in [0.25, 0.3) is 0 Å². The molecule has 1 unspecified atom stereocenters. The average Bonchev–Trinajstić information content (AvgIpc) is 2.81. The lowest BCUT2D eigenvalue weighted by Gasteiger charge is -2.11. The largest absolute Gasteiger partial charge is 0.387 e. The molecule has 2 nitrogen and oxygen atoms in total. The van der Waals surface area contributed by atoms with Gasteiger partial charge in [-0.1, -0.05) is 51.9 Å². The number of nitrogens with zero attached hydrogens (tertiary/aromatic N) is 1. The third kappa shape index (κ3) is 5.72. The van der Waals surface area contributed by atoms with Crippen molar-refractivity contribution in [2.45, 2.75) is 77.9 Å². The smallest absolute Gasteiger partial charge is 0.0911 e. The lowest BCUT2D eigenvalue weighted by atomic mass is 10.1. The van der Waals surface area contributed by atoms with Crippen molar-refractivity contribution in [3.63, 3.8) is 0 Å². The Balaban J connectivity index is 2.05. The molecule has 1 N–H and O–H groups in total. The minimum absolute atomic E-state index is 0.353. The number of aliphatic hydroxyl groups is 1. The van der Waals surface area contributed by atoms with E-state index in [1.54, 1.807) is 0 Å². The van der Waals surface area contributed by atoms with Crippen LogP contribution in [0.2, 0.25) is 0 Å². The molecule has 0 aliphatic heterocycles. The Kier molecular flexibility index (Phi) is 7.83. The molecule has 2 heteroatoms. The van der Waals surface area contributed by atoms with Crippen LogP contribution < -0.4 is 0 Å². The molecule has 0 fully saturated rings. The van der Waals surface area contributed by atoms with Gasteiger partial charge in [-0.2, -0.15) is 0 Å². The van der Waals surface area contributed by atoms with E-state index in [1.165, 1.54) is 51.4 Å². The fourth-order valence-electron chi connectivity index (χ4n) is 2.43. The van der Waals surface area contributed by atoms with Crippen LogP contribution in [0.25, 0.3) is 0 Å². The first-order valence-corrected chi connectivity index (χ1v) is 7.58. The van der Waals surface area contributed by atoms with Gasteiger partial charge in [0.05, 0.1) is 6.10 Å². The van der Waals surface area contributed by atoms with Crippen molar-refractivity contribution in [2.24, 2.45) is 0 Å². The van der Waals surface area contributed by atoms with E-state index in [0.29, 0.717) is 0 Å². The van der Waals surface area contributed by atoms with Crippen LogP contribution >= 0.6 is 0 Å². The molecular formula is C16H29NO. The average molecular weight is 251 g/mol. The predicted molar refractivity (Wildman–Crippen MR) is 77.7 cm³/mol. The number of aliphatic hydroxyl groups excluding tert-OH is 1. The van der Waals surface area contributed by atoms with E-state index in [9.17, 15) is 5.11 Å². The summed E-state index contributed by atoms with van der Waals surface area (Å²) in [5.74, 6) is 0. The van der Waals surface area contributed by atoms with Crippen LogP contribution in [0.1, 0.15) is 77.0 Å². The molecule has 0 saturated heterocycles. The summed E-state index contributed by atoms with van der Waals surface area (Å²) < 4.78 is 2.18. The van der Waals surface area contributed by atoms with Crippen LogP contribution in [0.15, 0.2) is 18.3 Å². The summed E-state index contributed by atoms with van der Waals surface area (Å²) in [5.41, 5.74) is 1.04. The lowest BCUT2D eigenvalue weighted by Crippen LogP contribution is -2.04. The maximum Gasteiger partial charge on any atom is 0.0911 e. The molecule has 0 aromatic carbocycles. The highest BCUT2D eigenvalue weighted by atomic mass is 16.3. The Morgan fingerprint density at radius 3 is 2.28 bits per heavy atom. The third-order valence-corrected chi connectivity index (χ3v) is 3.55. The number of unbranched alkanes of at least 4 members (excludes halogenated alkanes) is 7. The predicted octanol–water partition coefficient (Wildman–Crippen LogP) is 4.68. The molecule has 0 bridgehead atoms. The monoisotopic (exact) mass is 251 g/mol. The minimum Gasteiger partial charge on any atom is -0.387 e. The van der Waals surface area contributed by atoms with Gasteiger partial charge in [0.1, 0.15) is 0 Å². The highest BCUT2D eigenvalue weighted by molar-refractivity contribution is 5.09. The summed E-state index contributed by atoms with van der Waals surface area (Å²) in [6.45, 7) is 5.14. The van der Waals surface area contributed by atoms with Crippen molar-refractivity contribution in [3.05, 3.63) is 24.0 Å². The summed E-state index contributed by atoms with van der Waals surface area (Å²) in [5, 5.41) is 9.60. The highest BCUT2D eigenvalue weighted by Crippen LogP contribution is 2.15. The van der Waals surface area contributed by atoms with E-state index < -0.39 is 0 Å². The van der Waals surface area contributed by atoms with Gasteiger partial charge >= 0.3 is 0 Å². The molecule has 0 aliphatic carbocycles. The second kappa shape index (κ2) is 9.21. The second-order valence-electron chi connectivity index (χ2n) is 5.28. The molecular weight excluding hydrogens is 222 g/mol. The van der Waals surface area contributed by atoms with Gasteiger partial charge in [0.2, 0.25) is 0 Å². The zero-order valence-electron chi connectivity index (χ0n) is 12.1. The number of hydrogen-bond acceptors (Lipinski definition) is 1. The van der Waals surface area contributed by atoms with Gasteiger partial charge in [0.15, 0.2) is 0 Å². The van der Waals surface area contributed by atoms with Crippen LogP contribution in [0, 0.1) is 0 Å². The normalized spacial score (nSPS) is 12.8. The van der Waals surface area contributed by atoms with Gasteiger partial charge in [-0.05, 0) is 25.5 Å². The Morgan fingerprint density at radius 2 is 1.67 bits per heavy atom. The third-order valence-electron chi connectivity index (χ3n) is 3.55. The molecule has 1 aromatic rings. The number of aromatic nitrogens is 1. The molecule has 0 aliphatic rings. The molecule has 0 amide bonds. The standard InChI is InChI=1S/C16H29NO/c1-3-4-5-6-7-8-9-10-13-17-14-11-12-16(17)15(2)18/h11-12,14-15,18H,3-10,13H2,1-2H3. The minimum atomic E-state index is -0.353. The molecule has 1 aromatic heterocycles. The first-order chi connectivity index (χ1) is 8.75. The second-order valence-corrected chi connectivity index (χ2v) is 5.28. The van der Waals surface area contributed by atoms with Crippen molar-refractivity contribution in [2.75, 3.05) is 0 Å². The maximum absolute atomic E-state index is 9.60. The van der Waals surface area contributed by atoms with Gasteiger partial charge in [-0.25, -0.2) is 0 Å². The SMILES string of the molecule is CCCCCCCCCCn1cccc1C(C)O. The Labute approximate surface area is 112 Å². The first-order valence-electron chi connectivity index (χ1n) is 7.58. The number of rotatable bonds is 10. The van der Waals surface area contributed by atoms with Gasteiger partial charge < -0.3 is 9.67 Å². The molecule has 104 valence electrons. The van der Waals surface area contributed by atoms with Crippen LogP contribution in [0.3, 0.4) is 0 Å². The summed E-state index contributed by atoms with van der Waals surface area (Å²) in [7, 11) is 0. The fourth-order valence-corrected chi connectivity index (χ4v) is 2.43. The number of hydrogen-bond donors (Lipinski definition) is 1. The zero-order chi connectivity index (χ0) is 13.2. The number of aryl methyl sites for hydroxylation is 1. The highest BCUT2D eigenvalue weighted by Gasteiger charge is 2.05. The quantitative estimate of drug-likeness (QED) is 0.600. The summed E-state index contributed by atoms with van der Waals surface area (Å²) in [6, 6.07) is 4.03. The van der Waals surface area contributed by atoms with Crippen LogP contribution in [0.4, 0.5) is 0 Å². The van der Waals surface area contributed by atoms with Crippen LogP contribution in [0.5, 0.6) is 0 Å². The first kappa shape index (κ1) is 15.3. The van der Waals surface area contributed by atoms with E-state index in [2.05, 4.69) is 17.7 Å². The van der Waals surface area contributed by atoms with Crippen molar-refractivity contribution in [1.29, 1.82) is 0 Å². The van der Waals surface area contributed by atoms with E-state index in [4.69, 9.17) is 0 Å². The molecule has 1 atom stereocenters. The molecule has 0 spiro atoms. The molecule has 0 radical (unpaired) electrons. The van der Waals surface area contributed by atoms with Crippen molar-refractivity contribution >= 4 is 0 Å². The summed E-state index contributed by atoms with van der Waals surface area (Å²) >= 11 is 0. The van der Waals surface area contributed by atoms with Crippen LogP contribution in [-0.2, 0) is 6.54 Å². The van der Waals surface area contributed by atoms with E-state index in [-0.39, 0.29) is 6.10 Å². The Morgan fingerprint density at radius 1 is 1.06 bits per heavy atom. The molecule has 1 rings (SSSR count). The topological polar surface area (TPSA) is 25.2 Å². The van der Waals surface area contributed by atoms with Crippen molar-refractivity contribution in [3.8, 4) is 0 Å². The molecule has 1 heterocycles. The molecule has 0 saturated carbocycles. The van der Waals surface area contributed by atoms with E-state index >= 15 is 0 Å². The molecule has 18 heavy (non-hydrogen) atoms. The van der Waals surface area contributed by atoms with Crippen molar-refractivity contribution < 1.29 is 5.11 Å². The van der Waals surface area contributed by atoms with Crippen LogP contribution in [-0.4, -0.2) is 9.67 Å². The van der Waals surface area contributed by atoms with E-state index in [0.717, 1.165) is 12.2 Å². The van der Waals surface area contributed by atoms with Gasteiger partial charge in [-0.15, -0.1) is 0 Å². The lowest BCUT2D eigenvalue weighted by molar-refractivity contribution is 0.188. The van der Waals surface area contributed by atoms with E-state index in [1.807, 2.05) is 19.1 Å². The Hall–Kier alpha value is -0.760. The van der Waals surface area contributed by atoms with Crippen molar-refractivity contribution in [1.82, 2.24) is 4.57 Å². The zero-order valence-corrected chi connectivity index (χ0v) is 12.1. The van der Waals surface area contributed by atoms with Gasteiger partial charge in [-0.3, -0.25) is 0 Å². The summed E-state index contributed by atoms with van der Waals surface area (Å²) in [6.07, 6.45) is 12.5.